The highest BCUT2D eigenvalue weighted by atomic mass is 16.5. The summed E-state index contributed by atoms with van der Waals surface area (Å²) in [6, 6.07) is 9.81. The zero-order chi connectivity index (χ0) is 12.0. The number of benzene rings is 1. The van der Waals surface area contributed by atoms with Crippen LogP contribution in [0.15, 0.2) is 30.3 Å². The highest BCUT2D eigenvalue weighted by Crippen LogP contribution is 2.20. The predicted octanol–water partition coefficient (Wildman–Crippen LogP) is 2.10. The number of esters is 1. The van der Waals surface area contributed by atoms with Gasteiger partial charge in [0.1, 0.15) is 0 Å². The molecule has 3 heteroatoms. The van der Waals surface area contributed by atoms with Gasteiger partial charge in [-0.05, 0) is 24.8 Å². The molecular formula is C13H18O3. The van der Waals surface area contributed by atoms with Gasteiger partial charge in [-0.2, -0.15) is 0 Å². The van der Waals surface area contributed by atoms with E-state index in [-0.39, 0.29) is 5.92 Å². The van der Waals surface area contributed by atoms with E-state index in [1.807, 2.05) is 37.3 Å². The molecule has 2 unspecified atom stereocenters. The Labute approximate surface area is 96.1 Å². The first-order valence-electron chi connectivity index (χ1n) is 5.54. The third-order valence-electron chi connectivity index (χ3n) is 2.50. The Morgan fingerprint density at radius 3 is 2.56 bits per heavy atom. The molecular weight excluding hydrogens is 204 g/mol. The van der Waals surface area contributed by atoms with Crippen molar-refractivity contribution in [3.8, 4) is 0 Å². The zero-order valence-corrected chi connectivity index (χ0v) is 9.72. The summed E-state index contributed by atoms with van der Waals surface area (Å²) in [5.74, 6) is -0.397. The molecule has 0 aromatic heterocycles. The van der Waals surface area contributed by atoms with Crippen LogP contribution in [0.1, 0.15) is 31.7 Å². The van der Waals surface area contributed by atoms with E-state index in [0.29, 0.717) is 13.0 Å². The average molecular weight is 222 g/mol. The molecule has 0 heterocycles. The number of ether oxygens (including phenoxy) is 1. The van der Waals surface area contributed by atoms with Crippen molar-refractivity contribution in [2.24, 2.45) is 0 Å². The molecule has 1 aromatic rings. The van der Waals surface area contributed by atoms with E-state index in [0.717, 1.165) is 5.56 Å². The van der Waals surface area contributed by atoms with E-state index in [1.165, 1.54) is 0 Å². The van der Waals surface area contributed by atoms with E-state index in [4.69, 9.17) is 4.74 Å². The summed E-state index contributed by atoms with van der Waals surface area (Å²) >= 11 is 0. The highest BCUT2D eigenvalue weighted by molar-refractivity contribution is 5.74. The lowest BCUT2D eigenvalue weighted by Crippen LogP contribution is -2.24. The van der Waals surface area contributed by atoms with Crippen LogP contribution in [0.3, 0.4) is 0 Å². The molecule has 0 aliphatic heterocycles. The molecule has 1 N–H and O–H groups in total. The van der Waals surface area contributed by atoms with E-state index in [9.17, 15) is 9.90 Å². The average Bonchev–Trinajstić information content (AvgIpc) is 2.30. The second-order valence-electron chi connectivity index (χ2n) is 3.82. The van der Waals surface area contributed by atoms with Gasteiger partial charge in [0.2, 0.25) is 0 Å². The van der Waals surface area contributed by atoms with Gasteiger partial charge in [-0.3, -0.25) is 0 Å². The maximum absolute atomic E-state index is 11.2. The van der Waals surface area contributed by atoms with E-state index >= 15 is 0 Å². The summed E-state index contributed by atoms with van der Waals surface area (Å²) in [5.41, 5.74) is 1.12. The Morgan fingerprint density at radius 1 is 1.38 bits per heavy atom. The highest BCUT2D eigenvalue weighted by Gasteiger charge is 2.19. The van der Waals surface area contributed by atoms with Crippen LogP contribution < -0.4 is 0 Å². The summed E-state index contributed by atoms with van der Waals surface area (Å²) < 4.78 is 4.75. The molecule has 0 aliphatic rings. The Bertz CT molecular complexity index is 321. The summed E-state index contributed by atoms with van der Waals surface area (Å²) in [5, 5.41) is 9.61. The van der Waals surface area contributed by atoms with Crippen molar-refractivity contribution in [1.82, 2.24) is 0 Å². The summed E-state index contributed by atoms with van der Waals surface area (Å²) in [7, 11) is 0. The van der Waals surface area contributed by atoms with E-state index < -0.39 is 12.1 Å². The minimum atomic E-state index is -1.03. The van der Waals surface area contributed by atoms with Crippen molar-refractivity contribution < 1.29 is 14.6 Å². The van der Waals surface area contributed by atoms with Crippen molar-refractivity contribution in [1.29, 1.82) is 0 Å². The van der Waals surface area contributed by atoms with Crippen molar-refractivity contribution >= 4 is 5.97 Å². The smallest absolute Gasteiger partial charge is 0.334 e. The molecule has 0 bridgehead atoms. The number of aliphatic hydroxyl groups excluding tert-OH is 1. The Morgan fingerprint density at radius 2 is 2.00 bits per heavy atom. The van der Waals surface area contributed by atoms with Gasteiger partial charge in [0.25, 0.3) is 0 Å². The van der Waals surface area contributed by atoms with Crippen LogP contribution in [-0.4, -0.2) is 23.8 Å². The number of carbonyl (C=O) groups excluding carboxylic acids is 1. The van der Waals surface area contributed by atoms with E-state index in [2.05, 4.69) is 0 Å². The van der Waals surface area contributed by atoms with Gasteiger partial charge >= 0.3 is 5.97 Å². The SMILES string of the molecule is CCOC(=O)C(O)CC(C)c1ccccc1. The van der Waals surface area contributed by atoms with Gasteiger partial charge in [0.15, 0.2) is 6.10 Å². The first-order valence-corrected chi connectivity index (χ1v) is 5.54. The maximum atomic E-state index is 11.2. The molecule has 1 rings (SSSR count). The lowest BCUT2D eigenvalue weighted by molar-refractivity contribution is -0.153. The summed E-state index contributed by atoms with van der Waals surface area (Å²) in [4.78, 5) is 11.2. The van der Waals surface area contributed by atoms with Gasteiger partial charge in [-0.25, -0.2) is 4.79 Å². The second-order valence-corrected chi connectivity index (χ2v) is 3.82. The molecule has 0 aliphatic carbocycles. The molecule has 2 atom stereocenters. The topological polar surface area (TPSA) is 46.5 Å². The maximum Gasteiger partial charge on any atom is 0.334 e. The minimum Gasteiger partial charge on any atom is -0.464 e. The monoisotopic (exact) mass is 222 g/mol. The third-order valence-corrected chi connectivity index (χ3v) is 2.50. The minimum absolute atomic E-state index is 0.139. The summed E-state index contributed by atoms with van der Waals surface area (Å²) in [6.45, 7) is 4.01. The molecule has 0 radical (unpaired) electrons. The lowest BCUT2D eigenvalue weighted by Gasteiger charge is -2.15. The lowest BCUT2D eigenvalue weighted by atomic mass is 9.95. The first kappa shape index (κ1) is 12.7. The molecule has 1 aromatic carbocycles. The van der Waals surface area contributed by atoms with Crippen molar-refractivity contribution in [3.05, 3.63) is 35.9 Å². The molecule has 0 spiro atoms. The number of rotatable bonds is 5. The quantitative estimate of drug-likeness (QED) is 0.776. The Kier molecular flexibility index (Phi) is 4.99. The van der Waals surface area contributed by atoms with Crippen LogP contribution in [0.4, 0.5) is 0 Å². The van der Waals surface area contributed by atoms with Crippen molar-refractivity contribution in [2.45, 2.75) is 32.3 Å². The van der Waals surface area contributed by atoms with Crippen LogP contribution in [0.25, 0.3) is 0 Å². The number of hydrogen-bond donors (Lipinski definition) is 1. The fourth-order valence-corrected chi connectivity index (χ4v) is 1.59. The molecule has 88 valence electrons. The van der Waals surface area contributed by atoms with Crippen molar-refractivity contribution in [3.63, 3.8) is 0 Å². The van der Waals surface area contributed by atoms with Crippen LogP contribution >= 0.6 is 0 Å². The van der Waals surface area contributed by atoms with Crippen LogP contribution in [-0.2, 0) is 9.53 Å². The van der Waals surface area contributed by atoms with Crippen molar-refractivity contribution in [2.75, 3.05) is 6.61 Å². The predicted molar refractivity (Wildman–Crippen MR) is 62.1 cm³/mol. The Hall–Kier alpha value is -1.35. The fourth-order valence-electron chi connectivity index (χ4n) is 1.59. The molecule has 3 nitrogen and oxygen atoms in total. The second kappa shape index (κ2) is 6.28. The van der Waals surface area contributed by atoms with Crippen LogP contribution in [0, 0.1) is 0 Å². The zero-order valence-electron chi connectivity index (χ0n) is 9.72. The van der Waals surface area contributed by atoms with Gasteiger partial charge in [-0.1, -0.05) is 37.3 Å². The molecule has 0 amide bonds. The fraction of sp³-hybridized carbons (Fsp3) is 0.462. The largest absolute Gasteiger partial charge is 0.464 e. The first-order chi connectivity index (χ1) is 7.65. The molecule has 0 saturated carbocycles. The number of carbonyl (C=O) groups is 1. The Balaban J connectivity index is 2.51. The standard InChI is InChI=1S/C13H18O3/c1-3-16-13(15)12(14)9-10(2)11-7-5-4-6-8-11/h4-8,10,12,14H,3,9H2,1-2H3. The molecule has 0 fully saturated rings. The van der Waals surface area contributed by atoms with Gasteiger partial charge < -0.3 is 9.84 Å². The van der Waals surface area contributed by atoms with Gasteiger partial charge in [-0.15, -0.1) is 0 Å². The summed E-state index contributed by atoms with van der Waals surface area (Å²) in [6.07, 6.45) is -0.641. The van der Waals surface area contributed by atoms with Gasteiger partial charge in [0.05, 0.1) is 6.61 Å². The molecule has 0 saturated heterocycles. The third kappa shape index (κ3) is 3.66. The number of hydrogen-bond acceptors (Lipinski definition) is 3. The normalized spacial score (nSPS) is 14.2. The van der Waals surface area contributed by atoms with E-state index in [1.54, 1.807) is 6.92 Å². The molecule has 16 heavy (non-hydrogen) atoms. The van der Waals surface area contributed by atoms with Crippen LogP contribution in [0.2, 0.25) is 0 Å². The van der Waals surface area contributed by atoms with Gasteiger partial charge in [0, 0.05) is 0 Å². The van der Waals surface area contributed by atoms with Crippen LogP contribution in [0.5, 0.6) is 0 Å². The number of aliphatic hydroxyl groups is 1.